The monoisotopic (exact) mass is 312 g/mol. The zero-order chi connectivity index (χ0) is 15.9. The molecule has 0 radical (unpaired) electrons. The Morgan fingerprint density at radius 2 is 1.90 bits per heavy atom. The minimum Gasteiger partial charge on any atom is -0.394 e. The van der Waals surface area contributed by atoms with E-state index in [1.807, 2.05) is 0 Å². The van der Waals surface area contributed by atoms with Crippen LogP contribution in [0.3, 0.4) is 0 Å². The van der Waals surface area contributed by atoms with Crippen molar-refractivity contribution in [3.8, 4) is 0 Å². The van der Waals surface area contributed by atoms with Crippen molar-refractivity contribution in [3.63, 3.8) is 0 Å². The van der Waals surface area contributed by atoms with Crippen LogP contribution in [0.4, 0.5) is 13.2 Å². The van der Waals surface area contributed by atoms with Crippen molar-refractivity contribution in [1.29, 1.82) is 0 Å². The van der Waals surface area contributed by atoms with E-state index in [9.17, 15) is 33.0 Å². The molecule has 1 aliphatic rings. The van der Waals surface area contributed by atoms with Crippen LogP contribution in [-0.2, 0) is 10.9 Å². The third-order valence-corrected chi connectivity index (χ3v) is 3.06. The minimum atomic E-state index is -5.01. The number of aliphatic hydroxyl groups is 3. The van der Waals surface area contributed by atoms with E-state index >= 15 is 0 Å². The van der Waals surface area contributed by atoms with Crippen molar-refractivity contribution in [2.24, 2.45) is 0 Å². The second-order valence-electron chi connectivity index (χ2n) is 4.44. The molecule has 4 N–H and O–H groups in total. The second-order valence-corrected chi connectivity index (χ2v) is 4.44. The molecule has 0 bridgehead atoms. The third kappa shape index (κ3) is 2.72. The fraction of sp³-hybridized carbons (Fsp3) is 0.600. The number of hydrogen-bond acceptors (Lipinski definition) is 6. The molecular weight excluding hydrogens is 301 g/mol. The highest BCUT2D eigenvalue weighted by Crippen LogP contribution is 2.30. The van der Waals surface area contributed by atoms with Crippen molar-refractivity contribution in [1.82, 2.24) is 9.55 Å². The van der Waals surface area contributed by atoms with Crippen LogP contribution in [0, 0.1) is 0 Å². The Hall–Kier alpha value is -1.69. The molecule has 8 nitrogen and oxygen atoms in total. The smallest absolute Gasteiger partial charge is 0.394 e. The van der Waals surface area contributed by atoms with Gasteiger partial charge in [0.2, 0.25) is 0 Å². The predicted octanol–water partition coefficient (Wildman–Crippen LogP) is -1.83. The highest BCUT2D eigenvalue weighted by molar-refractivity contribution is 5.10. The second kappa shape index (κ2) is 5.26. The maximum atomic E-state index is 12.6. The fourth-order valence-electron chi connectivity index (χ4n) is 1.99. The summed E-state index contributed by atoms with van der Waals surface area (Å²) in [5, 5.41) is 28.1. The molecule has 0 aliphatic carbocycles. The molecule has 2 heterocycles. The highest BCUT2D eigenvalue weighted by Gasteiger charge is 2.44. The first-order valence-electron chi connectivity index (χ1n) is 5.72. The van der Waals surface area contributed by atoms with Crippen LogP contribution in [-0.4, -0.2) is 49.8 Å². The van der Waals surface area contributed by atoms with Gasteiger partial charge in [-0.1, -0.05) is 0 Å². The normalized spacial score (nSPS) is 29.8. The van der Waals surface area contributed by atoms with E-state index in [0.29, 0.717) is 4.57 Å². The number of hydrogen-bond donors (Lipinski definition) is 4. The van der Waals surface area contributed by atoms with Gasteiger partial charge < -0.3 is 20.1 Å². The van der Waals surface area contributed by atoms with Crippen molar-refractivity contribution in [2.45, 2.75) is 30.7 Å². The molecule has 0 aromatic carbocycles. The minimum absolute atomic E-state index is 0.196. The van der Waals surface area contributed by atoms with Crippen LogP contribution < -0.4 is 11.2 Å². The van der Waals surface area contributed by atoms with Gasteiger partial charge >= 0.3 is 11.9 Å². The molecule has 1 aromatic heterocycles. The number of nitrogens with one attached hydrogen (secondary N) is 1. The zero-order valence-corrected chi connectivity index (χ0v) is 10.2. The number of aromatic amines is 1. The molecule has 1 fully saturated rings. The van der Waals surface area contributed by atoms with E-state index in [1.165, 1.54) is 4.98 Å². The van der Waals surface area contributed by atoms with Gasteiger partial charge in [0.05, 0.1) is 6.61 Å². The molecule has 1 aliphatic heterocycles. The van der Waals surface area contributed by atoms with Crippen LogP contribution in [0.25, 0.3) is 0 Å². The molecule has 21 heavy (non-hydrogen) atoms. The molecule has 2 unspecified atom stereocenters. The van der Waals surface area contributed by atoms with E-state index in [2.05, 4.69) is 0 Å². The summed E-state index contributed by atoms with van der Waals surface area (Å²) in [5.74, 6) is 0. The number of halogens is 3. The highest BCUT2D eigenvalue weighted by atomic mass is 19.4. The topological polar surface area (TPSA) is 125 Å². The first kappa shape index (κ1) is 15.7. The summed E-state index contributed by atoms with van der Waals surface area (Å²) in [7, 11) is 0. The molecule has 0 spiro atoms. The third-order valence-electron chi connectivity index (χ3n) is 3.06. The van der Waals surface area contributed by atoms with E-state index < -0.39 is 54.1 Å². The van der Waals surface area contributed by atoms with E-state index in [0.717, 1.165) is 0 Å². The summed E-state index contributed by atoms with van der Waals surface area (Å²) < 4.78 is 43.2. The largest absolute Gasteiger partial charge is 0.423 e. The van der Waals surface area contributed by atoms with Crippen molar-refractivity contribution in [2.75, 3.05) is 6.61 Å². The van der Waals surface area contributed by atoms with Gasteiger partial charge in [0.25, 0.3) is 5.56 Å². The lowest BCUT2D eigenvalue weighted by molar-refractivity contribution is -0.140. The van der Waals surface area contributed by atoms with Gasteiger partial charge in [0, 0.05) is 6.20 Å². The van der Waals surface area contributed by atoms with E-state index in [1.54, 1.807) is 0 Å². The molecular formula is C10H11F3N2O6. The van der Waals surface area contributed by atoms with Crippen molar-refractivity contribution < 1.29 is 33.2 Å². The Morgan fingerprint density at radius 3 is 2.38 bits per heavy atom. The SMILES string of the molecule is O=c1[nH]c(=O)n([C@@H]2O[C@H](CO)C(O)C2O)cc1C(F)(F)F. The Morgan fingerprint density at radius 1 is 1.29 bits per heavy atom. The lowest BCUT2D eigenvalue weighted by Crippen LogP contribution is -2.40. The Bertz CT molecular complexity index is 639. The van der Waals surface area contributed by atoms with Crippen LogP contribution >= 0.6 is 0 Å². The summed E-state index contributed by atoms with van der Waals surface area (Å²) in [6, 6.07) is 0. The number of aliphatic hydroxyl groups excluding tert-OH is 3. The number of alkyl halides is 3. The summed E-state index contributed by atoms with van der Waals surface area (Å²) in [6.07, 6.45) is -11.1. The molecule has 0 amide bonds. The maximum absolute atomic E-state index is 12.6. The van der Waals surface area contributed by atoms with Crippen LogP contribution in [0.2, 0.25) is 0 Å². The van der Waals surface area contributed by atoms with Gasteiger partial charge in [-0.05, 0) is 0 Å². The molecule has 11 heteroatoms. The summed E-state index contributed by atoms with van der Waals surface area (Å²) >= 11 is 0. The average Bonchev–Trinajstić information content (AvgIpc) is 2.65. The van der Waals surface area contributed by atoms with Gasteiger partial charge in [0.15, 0.2) is 6.23 Å². The van der Waals surface area contributed by atoms with E-state index in [-0.39, 0.29) is 6.20 Å². The van der Waals surface area contributed by atoms with Crippen LogP contribution in [0.1, 0.15) is 11.8 Å². The molecule has 1 aromatic rings. The van der Waals surface area contributed by atoms with Crippen molar-refractivity contribution >= 4 is 0 Å². The first-order valence-corrected chi connectivity index (χ1v) is 5.72. The number of aromatic nitrogens is 2. The standard InChI is InChI=1S/C10H11F3N2O6/c11-10(12,13)3-1-15(9(20)14-7(3)19)8-6(18)5(17)4(2-16)21-8/h1,4-6,8,16-18H,2H2,(H,14,19,20)/t4-,5?,6?,8-/m1/s1. The van der Waals surface area contributed by atoms with Gasteiger partial charge in [0.1, 0.15) is 23.9 Å². The number of ether oxygens (including phenoxy) is 1. The lowest BCUT2D eigenvalue weighted by Gasteiger charge is -2.18. The summed E-state index contributed by atoms with van der Waals surface area (Å²) in [5.41, 5.74) is -4.53. The van der Waals surface area contributed by atoms with E-state index in [4.69, 9.17) is 9.84 Å². The first-order chi connectivity index (χ1) is 9.66. The molecule has 0 saturated carbocycles. The molecule has 1 saturated heterocycles. The Balaban J connectivity index is 2.50. The number of nitrogens with zero attached hydrogens (tertiary/aromatic N) is 1. The average molecular weight is 312 g/mol. The van der Waals surface area contributed by atoms with Gasteiger partial charge in [-0.3, -0.25) is 14.3 Å². The summed E-state index contributed by atoms with van der Waals surface area (Å²) in [6.45, 7) is -0.709. The quantitative estimate of drug-likeness (QED) is 0.509. The molecule has 2 rings (SSSR count). The summed E-state index contributed by atoms with van der Waals surface area (Å²) in [4.78, 5) is 24.2. The number of H-pyrrole nitrogens is 1. The van der Waals surface area contributed by atoms with Crippen molar-refractivity contribution in [3.05, 3.63) is 32.6 Å². The fourth-order valence-corrected chi connectivity index (χ4v) is 1.99. The Kier molecular flexibility index (Phi) is 3.93. The maximum Gasteiger partial charge on any atom is 0.423 e. The van der Waals surface area contributed by atoms with Gasteiger partial charge in [-0.2, -0.15) is 13.2 Å². The lowest BCUT2D eigenvalue weighted by atomic mass is 10.1. The van der Waals surface area contributed by atoms with Gasteiger partial charge in [-0.15, -0.1) is 0 Å². The van der Waals surface area contributed by atoms with Gasteiger partial charge in [-0.25, -0.2) is 4.79 Å². The van der Waals surface area contributed by atoms with Crippen LogP contribution in [0.5, 0.6) is 0 Å². The predicted molar refractivity (Wildman–Crippen MR) is 59.3 cm³/mol. The van der Waals surface area contributed by atoms with Crippen LogP contribution in [0.15, 0.2) is 15.8 Å². The Labute approximate surface area is 114 Å². The molecule has 118 valence electrons. The number of rotatable bonds is 2. The zero-order valence-electron chi connectivity index (χ0n) is 10.2. The molecule has 4 atom stereocenters.